The number of carbonyl (C=O) groups excluding carboxylic acids is 1. The average molecular weight is 281 g/mol. The van der Waals surface area contributed by atoms with Crippen molar-refractivity contribution >= 4 is 17.6 Å². The van der Waals surface area contributed by atoms with E-state index in [1.807, 2.05) is 0 Å². The second kappa shape index (κ2) is 6.36. The number of carboxylic acids is 1. The highest BCUT2D eigenvalue weighted by Crippen LogP contribution is 2.35. The monoisotopic (exact) mass is 281 g/mol. The summed E-state index contributed by atoms with van der Waals surface area (Å²) in [5.74, 6) is -1.85. The van der Waals surface area contributed by atoms with Crippen LogP contribution in [0.5, 0.6) is 5.75 Å². The van der Waals surface area contributed by atoms with E-state index in [0.29, 0.717) is 24.3 Å². The third-order valence-corrected chi connectivity index (χ3v) is 3.38. The molecule has 0 saturated heterocycles. The van der Waals surface area contributed by atoms with E-state index in [-0.39, 0.29) is 12.5 Å². The van der Waals surface area contributed by atoms with Crippen LogP contribution >= 0.6 is 0 Å². The van der Waals surface area contributed by atoms with Gasteiger partial charge in [-0.15, -0.1) is 0 Å². The van der Waals surface area contributed by atoms with E-state index < -0.39 is 24.5 Å². The fourth-order valence-corrected chi connectivity index (χ4v) is 2.16. The first-order valence-corrected chi connectivity index (χ1v) is 6.44. The summed E-state index contributed by atoms with van der Waals surface area (Å²) in [5, 5.41) is 11.6. The Morgan fingerprint density at radius 2 is 2.10 bits per heavy atom. The van der Waals surface area contributed by atoms with E-state index in [1.54, 1.807) is 24.3 Å². The number of anilines is 1. The summed E-state index contributed by atoms with van der Waals surface area (Å²) in [6.45, 7) is -0.625. The summed E-state index contributed by atoms with van der Waals surface area (Å²) in [7, 11) is 0. The predicted molar refractivity (Wildman–Crippen MR) is 70.4 cm³/mol. The Labute approximate surface area is 115 Å². The van der Waals surface area contributed by atoms with Crippen LogP contribution < -0.4 is 10.1 Å². The zero-order valence-electron chi connectivity index (χ0n) is 10.8. The lowest BCUT2D eigenvalue weighted by Gasteiger charge is -2.31. The van der Waals surface area contributed by atoms with Crippen molar-refractivity contribution in [3.63, 3.8) is 0 Å². The van der Waals surface area contributed by atoms with Crippen molar-refractivity contribution in [3.05, 3.63) is 24.3 Å². The number of carbonyl (C=O) groups is 2. The van der Waals surface area contributed by atoms with Crippen LogP contribution in [0, 0.1) is 11.8 Å². The molecule has 1 aliphatic rings. The molecule has 0 bridgehead atoms. The zero-order chi connectivity index (χ0) is 14.5. The van der Waals surface area contributed by atoms with E-state index in [1.165, 1.54) is 0 Å². The number of carboxylic acid groups (broad SMARTS) is 1. The number of nitrogens with one attached hydrogen (secondary N) is 1. The Kier molecular flexibility index (Phi) is 4.55. The molecule has 1 aromatic rings. The smallest absolute Gasteiger partial charge is 0.307 e. The van der Waals surface area contributed by atoms with E-state index in [2.05, 4.69) is 5.32 Å². The molecule has 0 heterocycles. The Morgan fingerprint density at radius 1 is 1.35 bits per heavy atom. The summed E-state index contributed by atoms with van der Waals surface area (Å²) < 4.78 is 17.1. The first-order chi connectivity index (χ1) is 9.61. The molecule has 2 unspecified atom stereocenters. The normalized spacial score (nSPS) is 20.9. The molecule has 1 aromatic carbocycles. The SMILES string of the molecule is O=C(O)C1CCC1C(=O)Nc1cccc(OCCF)c1. The first-order valence-electron chi connectivity index (χ1n) is 6.44. The molecule has 1 aliphatic carbocycles. The maximum absolute atomic E-state index is 12.0. The van der Waals surface area contributed by atoms with Crippen LogP contribution in [0.3, 0.4) is 0 Å². The highest BCUT2D eigenvalue weighted by molar-refractivity contribution is 5.96. The summed E-state index contributed by atoms with van der Waals surface area (Å²) in [6.07, 6.45) is 1.12. The molecule has 2 rings (SSSR count). The quantitative estimate of drug-likeness (QED) is 0.837. The first kappa shape index (κ1) is 14.3. The third kappa shape index (κ3) is 3.26. The van der Waals surface area contributed by atoms with E-state index in [0.717, 1.165) is 0 Å². The molecule has 5 nitrogen and oxygen atoms in total. The number of ether oxygens (including phenoxy) is 1. The molecule has 108 valence electrons. The molecule has 0 aromatic heterocycles. The summed E-state index contributed by atoms with van der Waals surface area (Å²) in [4.78, 5) is 22.8. The lowest BCUT2D eigenvalue weighted by Crippen LogP contribution is -2.41. The van der Waals surface area contributed by atoms with Crippen molar-refractivity contribution in [2.24, 2.45) is 11.8 Å². The van der Waals surface area contributed by atoms with Gasteiger partial charge in [-0.2, -0.15) is 0 Å². The Balaban J connectivity index is 1.96. The number of rotatable bonds is 6. The molecule has 1 amide bonds. The van der Waals surface area contributed by atoms with Gasteiger partial charge in [-0.05, 0) is 25.0 Å². The van der Waals surface area contributed by atoms with Crippen LogP contribution in [0.2, 0.25) is 0 Å². The Morgan fingerprint density at radius 3 is 2.70 bits per heavy atom. The van der Waals surface area contributed by atoms with Crippen LogP contribution in [0.4, 0.5) is 10.1 Å². The van der Waals surface area contributed by atoms with Crippen molar-refractivity contribution in [1.82, 2.24) is 0 Å². The second-order valence-electron chi connectivity index (χ2n) is 4.68. The molecule has 6 heteroatoms. The van der Waals surface area contributed by atoms with E-state index in [4.69, 9.17) is 9.84 Å². The van der Waals surface area contributed by atoms with Crippen LogP contribution in [-0.4, -0.2) is 30.3 Å². The highest BCUT2D eigenvalue weighted by atomic mass is 19.1. The van der Waals surface area contributed by atoms with E-state index in [9.17, 15) is 14.0 Å². The maximum Gasteiger partial charge on any atom is 0.307 e. The van der Waals surface area contributed by atoms with Gasteiger partial charge in [0.25, 0.3) is 0 Å². The summed E-state index contributed by atoms with van der Waals surface area (Å²) in [5.41, 5.74) is 0.516. The number of halogens is 1. The minimum Gasteiger partial charge on any atom is -0.491 e. The topological polar surface area (TPSA) is 75.6 Å². The van der Waals surface area contributed by atoms with Crippen LogP contribution in [0.15, 0.2) is 24.3 Å². The van der Waals surface area contributed by atoms with Crippen molar-refractivity contribution in [1.29, 1.82) is 0 Å². The molecular weight excluding hydrogens is 265 g/mol. The van der Waals surface area contributed by atoms with Crippen molar-refractivity contribution in [3.8, 4) is 5.75 Å². The van der Waals surface area contributed by atoms with Gasteiger partial charge in [0.1, 0.15) is 19.0 Å². The number of benzene rings is 1. The maximum atomic E-state index is 12.0. The minimum atomic E-state index is -0.934. The van der Waals surface area contributed by atoms with Crippen molar-refractivity contribution < 1.29 is 23.8 Å². The van der Waals surface area contributed by atoms with Crippen LogP contribution in [0.1, 0.15) is 12.8 Å². The molecular formula is C14H16FNO4. The van der Waals surface area contributed by atoms with E-state index >= 15 is 0 Å². The van der Waals surface area contributed by atoms with Gasteiger partial charge in [-0.1, -0.05) is 6.07 Å². The van der Waals surface area contributed by atoms with Gasteiger partial charge in [-0.25, -0.2) is 4.39 Å². The van der Waals surface area contributed by atoms with Crippen LogP contribution in [-0.2, 0) is 9.59 Å². The van der Waals surface area contributed by atoms with Gasteiger partial charge in [0.2, 0.25) is 5.91 Å². The highest BCUT2D eigenvalue weighted by Gasteiger charge is 2.41. The van der Waals surface area contributed by atoms with Gasteiger partial charge in [-0.3, -0.25) is 9.59 Å². The Hall–Kier alpha value is -2.11. The molecule has 0 spiro atoms. The number of hydrogen-bond donors (Lipinski definition) is 2. The standard InChI is InChI=1S/C14H16FNO4/c15-6-7-20-10-3-1-2-9(8-10)16-13(17)11-4-5-12(11)14(18)19/h1-3,8,11-12H,4-7H2,(H,16,17)(H,18,19). The molecule has 0 aliphatic heterocycles. The largest absolute Gasteiger partial charge is 0.491 e. The third-order valence-electron chi connectivity index (χ3n) is 3.38. The Bertz CT molecular complexity index is 506. The lowest BCUT2D eigenvalue weighted by atomic mass is 9.73. The number of amides is 1. The summed E-state index contributed by atoms with van der Waals surface area (Å²) >= 11 is 0. The lowest BCUT2D eigenvalue weighted by molar-refractivity contribution is -0.151. The van der Waals surface area contributed by atoms with Gasteiger partial charge in [0.15, 0.2) is 0 Å². The molecule has 0 radical (unpaired) electrons. The number of hydrogen-bond acceptors (Lipinski definition) is 3. The van der Waals surface area contributed by atoms with Crippen molar-refractivity contribution in [2.45, 2.75) is 12.8 Å². The fourth-order valence-electron chi connectivity index (χ4n) is 2.16. The van der Waals surface area contributed by atoms with Gasteiger partial charge in [0, 0.05) is 11.8 Å². The van der Waals surface area contributed by atoms with Crippen LogP contribution in [0.25, 0.3) is 0 Å². The fraction of sp³-hybridized carbons (Fsp3) is 0.429. The predicted octanol–water partition coefficient (Wildman–Crippen LogP) is 2.08. The molecule has 1 fully saturated rings. The molecule has 1 saturated carbocycles. The van der Waals surface area contributed by atoms with Crippen molar-refractivity contribution in [2.75, 3.05) is 18.6 Å². The number of aliphatic carboxylic acids is 1. The van der Waals surface area contributed by atoms with Gasteiger partial charge < -0.3 is 15.2 Å². The molecule has 2 atom stereocenters. The van der Waals surface area contributed by atoms with Gasteiger partial charge in [0.05, 0.1) is 11.8 Å². The average Bonchev–Trinajstić information content (AvgIpc) is 2.34. The summed E-state index contributed by atoms with van der Waals surface area (Å²) in [6, 6.07) is 6.60. The number of alkyl halides is 1. The minimum absolute atomic E-state index is 0.0406. The second-order valence-corrected chi connectivity index (χ2v) is 4.68. The molecule has 2 N–H and O–H groups in total. The zero-order valence-corrected chi connectivity index (χ0v) is 10.8. The molecule has 20 heavy (non-hydrogen) atoms. The van der Waals surface area contributed by atoms with Gasteiger partial charge >= 0.3 is 5.97 Å².